The fraction of sp³-hybridized carbons (Fsp3) is 0.615. The van der Waals surface area contributed by atoms with Gasteiger partial charge in [0, 0.05) is 23.3 Å². The van der Waals surface area contributed by atoms with E-state index in [1.807, 2.05) is 6.20 Å². The molecule has 0 aliphatic carbocycles. The van der Waals surface area contributed by atoms with Gasteiger partial charge in [-0.3, -0.25) is 0 Å². The van der Waals surface area contributed by atoms with Gasteiger partial charge < -0.3 is 10.2 Å². The van der Waals surface area contributed by atoms with Crippen LogP contribution >= 0.6 is 15.9 Å². The third-order valence-corrected chi connectivity index (χ3v) is 3.77. The van der Waals surface area contributed by atoms with Gasteiger partial charge in [-0.25, -0.2) is 4.98 Å². The van der Waals surface area contributed by atoms with E-state index in [2.05, 4.69) is 51.0 Å². The molecule has 1 N–H and O–H groups in total. The van der Waals surface area contributed by atoms with Crippen LogP contribution in [-0.2, 0) is 0 Å². The van der Waals surface area contributed by atoms with Gasteiger partial charge in [0.1, 0.15) is 5.82 Å². The molecule has 1 aromatic rings. The topological polar surface area (TPSA) is 28.2 Å². The van der Waals surface area contributed by atoms with E-state index in [4.69, 9.17) is 0 Å². The highest BCUT2D eigenvalue weighted by molar-refractivity contribution is 9.10. The molecule has 0 amide bonds. The van der Waals surface area contributed by atoms with Crippen molar-refractivity contribution >= 4 is 21.7 Å². The van der Waals surface area contributed by atoms with Gasteiger partial charge in [-0.2, -0.15) is 0 Å². The van der Waals surface area contributed by atoms with E-state index in [0.29, 0.717) is 6.04 Å². The summed E-state index contributed by atoms with van der Waals surface area (Å²) >= 11 is 3.44. The van der Waals surface area contributed by atoms with E-state index in [1.54, 1.807) is 0 Å². The van der Waals surface area contributed by atoms with Gasteiger partial charge in [0.05, 0.1) is 0 Å². The highest BCUT2D eigenvalue weighted by atomic mass is 79.9. The largest absolute Gasteiger partial charge is 0.366 e. The zero-order valence-electron chi connectivity index (χ0n) is 10.5. The molecule has 1 aromatic heterocycles. The number of hydrogen-bond donors (Lipinski definition) is 1. The Hall–Kier alpha value is -0.610. The van der Waals surface area contributed by atoms with Crippen molar-refractivity contribution in [1.29, 1.82) is 0 Å². The predicted octanol–water partition coefficient (Wildman–Crippen LogP) is 3.05. The normalized spacial score (nSPS) is 21.5. The van der Waals surface area contributed by atoms with Crippen LogP contribution in [0.4, 0.5) is 5.82 Å². The zero-order chi connectivity index (χ0) is 12.3. The number of likely N-dealkylation sites (N-methyl/N-ethyl adjacent to an activating group) is 1. The summed E-state index contributed by atoms with van der Waals surface area (Å²) in [6.07, 6.45) is 4.38. The second kappa shape index (κ2) is 5.83. The predicted molar refractivity (Wildman–Crippen MR) is 75.4 cm³/mol. The Morgan fingerprint density at radius 1 is 1.59 bits per heavy atom. The molecule has 17 heavy (non-hydrogen) atoms. The van der Waals surface area contributed by atoms with Crippen molar-refractivity contribution in [2.24, 2.45) is 0 Å². The molecule has 1 atom stereocenters. The lowest BCUT2D eigenvalue weighted by Gasteiger charge is -2.32. The second-order valence-electron chi connectivity index (χ2n) is 4.70. The first-order chi connectivity index (χ1) is 8.19. The number of nitrogens with one attached hydrogen (secondary N) is 1. The maximum absolute atomic E-state index is 4.45. The highest BCUT2D eigenvalue weighted by Gasteiger charge is 2.19. The Balaban J connectivity index is 2.00. The summed E-state index contributed by atoms with van der Waals surface area (Å²) in [5, 5.41) is 3.57. The number of pyridine rings is 1. The van der Waals surface area contributed by atoms with E-state index in [1.165, 1.54) is 24.9 Å². The van der Waals surface area contributed by atoms with Gasteiger partial charge in [-0.05, 0) is 60.4 Å². The van der Waals surface area contributed by atoms with Crippen LogP contribution in [0, 0.1) is 6.92 Å². The van der Waals surface area contributed by atoms with Gasteiger partial charge >= 0.3 is 0 Å². The average molecular weight is 298 g/mol. The van der Waals surface area contributed by atoms with Gasteiger partial charge in [0.2, 0.25) is 0 Å². The SMILES string of the molecule is CCN1CCCC(Nc2ncc(Br)cc2C)C1. The summed E-state index contributed by atoms with van der Waals surface area (Å²) < 4.78 is 1.04. The van der Waals surface area contributed by atoms with Crippen molar-refractivity contribution in [3.63, 3.8) is 0 Å². The molecule has 1 aliphatic heterocycles. The minimum absolute atomic E-state index is 0.538. The molecule has 1 unspecified atom stereocenters. The van der Waals surface area contributed by atoms with Crippen molar-refractivity contribution in [2.75, 3.05) is 25.0 Å². The van der Waals surface area contributed by atoms with Gasteiger partial charge in [0.25, 0.3) is 0 Å². The standard InChI is InChI=1S/C13H20BrN3/c1-3-17-6-4-5-12(9-17)16-13-10(2)7-11(14)8-15-13/h7-8,12H,3-6,9H2,1-2H3,(H,15,16). The van der Waals surface area contributed by atoms with Gasteiger partial charge in [0.15, 0.2) is 0 Å². The van der Waals surface area contributed by atoms with Crippen molar-refractivity contribution < 1.29 is 0 Å². The Morgan fingerprint density at radius 2 is 2.41 bits per heavy atom. The minimum Gasteiger partial charge on any atom is -0.366 e. The third-order valence-electron chi connectivity index (χ3n) is 3.34. The Labute approximate surface area is 112 Å². The molecule has 0 radical (unpaired) electrons. The van der Waals surface area contributed by atoms with Crippen LogP contribution in [-0.4, -0.2) is 35.6 Å². The molecule has 3 nitrogen and oxygen atoms in total. The maximum atomic E-state index is 4.45. The summed E-state index contributed by atoms with van der Waals surface area (Å²) in [6, 6.07) is 2.64. The lowest BCUT2D eigenvalue weighted by atomic mass is 10.1. The monoisotopic (exact) mass is 297 g/mol. The molecule has 0 bridgehead atoms. The van der Waals surface area contributed by atoms with Crippen LogP contribution in [0.25, 0.3) is 0 Å². The van der Waals surface area contributed by atoms with Gasteiger partial charge in [-0.1, -0.05) is 6.92 Å². The molecule has 0 spiro atoms. The molecule has 0 saturated carbocycles. The summed E-state index contributed by atoms with van der Waals surface area (Å²) in [5.41, 5.74) is 1.20. The molecule has 1 saturated heterocycles. The zero-order valence-corrected chi connectivity index (χ0v) is 12.1. The number of piperidine rings is 1. The first-order valence-electron chi connectivity index (χ1n) is 6.30. The molecule has 94 valence electrons. The smallest absolute Gasteiger partial charge is 0.129 e. The van der Waals surface area contributed by atoms with E-state index in [9.17, 15) is 0 Å². The van der Waals surface area contributed by atoms with E-state index < -0.39 is 0 Å². The van der Waals surface area contributed by atoms with E-state index >= 15 is 0 Å². The fourth-order valence-electron chi connectivity index (χ4n) is 2.35. The number of halogens is 1. The summed E-state index contributed by atoms with van der Waals surface area (Å²) in [5.74, 6) is 1.02. The molecule has 2 heterocycles. The lowest BCUT2D eigenvalue weighted by molar-refractivity contribution is 0.226. The average Bonchev–Trinajstić information content (AvgIpc) is 2.33. The number of hydrogen-bond acceptors (Lipinski definition) is 3. The number of rotatable bonds is 3. The van der Waals surface area contributed by atoms with Crippen LogP contribution in [0.15, 0.2) is 16.7 Å². The van der Waals surface area contributed by atoms with Crippen LogP contribution in [0.2, 0.25) is 0 Å². The first-order valence-corrected chi connectivity index (χ1v) is 7.09. The second-order valence-corrected chi connectivity index (χ2v) is 5.61. The van der Waals surface area contributed by atoms with Crippen LogP contribution in [0.1, 0.15) is 25.3 Å². The van der Waals surface area contributed by atoms with Crippen molar-refractivity contribution in [3.8, 4) is 0 Å². The third kappa shape index (κ3) is 3.42. The molecule has 1 aliphatic rings. The molecular formula is C13H20BrN3. The number of likely N-dealkylation sites (tertiary alicyclic amines) is 1. The van der Waals surface area contributed by atoms with E-state index in [0.717, 1.165) is 23.4 Å². The number of nitrogens with zero attached hydrogens (tertiary/aromatic N) is 2. The van der Waals surface area contributed by atoms with Crippen LogP contribution in [0.3, 0.4) is 0 Å². The molecule has 1 fully saturated rings. The van der Waals surface area contributed by atoms with Crippen LogP contribution < -0.4 is 5.32 Å². The maximum Gasteiger partial charge on any atom is 0.129 e. The minimum atomic E-state index is 0.538. The summed E-state index contributed by atoms with van der Waals surface area (Å²) in [6.45, 7) is 7.84. The number of aromatic nitrogens is 1. The molecule has 2 rings (SSSR count). The van der Waals surface area contributed by atoms with Crippen LogP contribution in [0.5, 0.6) is 0 Å². The lowest BCUT2D eigenvalue weighted by Crippen LogP contribution is -2.42. The van der Waals surface area contributed by atoms with E-state index in [-0.39, 0.29) is 0 Å². The van der Waals surface area contributed by atoms with Crippen molar-refractivity contribution in [3.05, 3.63) is 22.3 Å². The number of aryl methyl sites for hydroxylation is 1. The first kappa shape index (κ1) is 12.8. The molecular weight excluding hydrogens is 278 g/mol. The Bertz CT molecular complexity index is 381. The number of anilines is 1. The molecule has 0 aromatic carbocycles. The molecule has 4 heteroatoms. The highest BCUT2D eigenvalue weighted by Crippen LogP contribution is 2.20. The van der Waals surface area contributed by atoms with Gasteiger partial charge in [-0.15, -0.1) is 0 Å². The fourth-order valence-corrected chi connectivity index (χ4v) is 2.79. The Kier molecular flexibility index (Phi) is 4.40. The van der Waals surface area contributed by atoms with Crippen molar-refractivity contribution in [2.45, 2.75) is 32.7 Å². The van der Waals surface area contributed by atoms with Crippen molar-refractivity contribution in [1.82, 2.24) is 9.88 Å². The Morgan fingerprint density at radius 3 is 3.12 bits per heavy atom. The summed E-state index contributed by atoms with van der Waals surface area (Å²) in [7, 11) is 0. The summed E-state index contributed by atoms with van der Waals surface area (Å²) in [4.78, 5) is 6.94. The quantitative estimate of drug-likeness (QED) is 0.929.